The van der Waals surface area contributed by atoms with Crippen LogP contribution < -0.4 is 26.3 Å². The van der Waals surface area contributed by atoms with E-state index in [1.54, 1.807) is 0 Å². The fraction of sp³-hybridized carbons (Fsp3) is 0.500. The second-order valence-electron chi connectivity index (χ2n) is 13.2. The highest BCUT2D eigenvalue weighted by molar-refractivity contribution is 7.85. The van der Waals surface area contributed by atoms with Crippen molar-refractivity contribution in [3.8, 4) is 0 Å². The molecule has 0 saturated heterocycles. The molecule has 0 saturated carbocycles. The van der Waals surface area contributed by atoms with Crippen LogP contribution in [0.1, 0.15) is 83.1 Å². The highest BCUT2D eigenvalue weighted by atomic mass is 31.2. The highest BCUT2D eigenvalue weighted by Crippen LogP contribution is 2.42. The average molecular weight is 687 g/mol. The van der Waals surface area contributed by atoms with Crippen LogP contribution in [0.3, 0.4) is 0 Å². The van der Waals surface area contributed by atoms with E-state index in [0.29, 0.717) is 10.6 Å². The predicted octanol–water partition coefficient (Wildman–Crippen LogP) is 6.17. The molecule has 3 aromatic rings. The van der Waals surface area contributed by atoms with Gasteiger partial charge in [-0.3, -0.25) is 0 Å². The molecule has 0 heterocycles. The molecule has 10 heteroatoms. The summed E-state index contributed by atoms with van der Waals surface area (Å²) in [7, 11) is -9.90. The normalized spacial score (nSPS) is 13.3. The van der Waals surface area contributed by atoms with Gasteiger partial charge < -0.3 is 31.1 Å². The summed E-state index contributed by atoms with van der Waals surface area (Å²) in [5.74, 6) is 0. The Bertz CT molecular complexity index is 1250. The Labute approximate surface area is 280 Å². The van der Waals surface area contributed by atoms with Crippen LogP contribution in [-0.2, 0) is 31.1 Å². The third-order valence-corrected chi connectivity index (χ3v) is 16.5. The number of rotatable bonds is 17. The van der Waals surface area contributed by atoms with E-state index in [9.17, 15) is 0 Å². The Morgan fingerprint density at radius 3 is 0.870 bits per heavy atom. The van der Waals surface area contributed by atoms with Crippen molar-refractivity contribution < 1.29 is 31.1 Å². The van der Waals surface area contributed by atoms with Gasteiger partial charge in [0.2, 0.25) is 0 Å². The first-order valence-electron chi connectivity index (χ1n) is 16.5. The van der Waals surface area contributed by atoms with Crippen LogP contribution in [0.2, 0.25) is 0 Å². The third-order valence-electron chi connectivity index (χ3n) is 6.63. The van der Waals surface area contributed by atoms with Crippen molar-refractivity contribution in [2.45, 2.75) is 120 Å². The van der Waals surface area contributed by atoms with E-state index in [4.69, 9.17) is 26.6 Å². The quantitative estimate of drug-likeness (QED) is 0.124. The number of hydrogen-bond donors (Lipinski definition) is 0. The van der Waals surface area contributed by atoms with E-state index >= 15 is 4.57 Å². The molecule has 0 spiro atoms. The van der Waals surface area contributed by atoms with Gasteiger partial charge in [-0.05, 0) is 83.1 Å². The van der Waals surface area contributed by atoms with Crippen molar-refractivity contribution in [3.63, 3.8) is 0 Å². The molecular formula is C36H55O7PSi2. The van der Waals surface area contributed by atoms with Crippen molar-refractivity contribution in [1.82, 2.24) is 0 Å². The molecular weight excluding hydrogens is 632 g/mol. The molecule has 254 valence electrons. The molecule has 0 N–H and O–H groups in total. The van der Waals surface area contributed by atoms with Crippen LogP contribution in [0.4, 0.5) is 0 Å². The fourth-order valence-corrected chi connectivity index (χ4v) is 13.9. The maximum Gasteiger partial charge on any atom is 0.537 e. The summed E-state index contributed by atoms with van der Waals surface area (Å²) in [6, 6.07) is 25.2. The van der Waals surface area contributed by atoms with Gasteiger partial charge in [-0.2, -0.15) is 0 Å². The minimum atomic E-state index is -3.30. The Kier molecular flexibility index (Phi) is 13.8. The summed E-state index contributed by atoms with van der Waals surface area (Å²) in [6.45, 7) is 23.8. The molecule has 3 aromatic carbocycles. The first-order chi connectivity index (χ1) is 21.5. The van der Waals surface area contributed by atoms with E-state index in [2.05, 4.69) is 0 Å². The summed E-state index contributed by atoms with van der Waals surface area (Å²) in [5, 5.41) is 3.82. The molecule has 0 unspecified atom stereocenters. The van der Waals surface area contributed by atoms with Gasteiger partial charge in [0.05, 0.1) is 0 Å². The molecule has 7 nitrogen and oxygen atoms in total. The van der Waals surface area contributed by atoms with Crippen molar-refractivity contribution in [2.24, 2.45) is 0 Å². The topological polar surface area (TPSA) is 72.5 Å². The average Bonchev–Trinajstić information content (AvgIpc) is 2.95. The van der Waals surface area contributed by atoms with Crippen molar-refractivity contribution in [1.29, 1.82) is 0 Å². The third kappa shape index (κ3) is 9.59. The molecule has 46 heavy (non-hydrogen) atoms. The zero-order valence-corrected chi connectivity index (χ0v) is 32.7. The Morgan fingerprint density at radius 1 is 0.391 bits per heavy atom. The second-order valence-corrected chi connectivity index (χ2v) is 20.7. The second kappa shape index (κ2) is 16.5. The van der Waals surface area contributed by atoms with Gasteiger partial charge in [0.25, 0.3) is 0 Å². The van der Waals surface area contributed by atoms with Gasteiger partial charge in [-0.15, -0.1) is 0 Å². The van der Waals surface area contributed by atoms with E-state index in [0.717, 1.165) is 15.7 Å². The first kappa shape index (κ1) is 38.5. The van der Waals surface area contributed by atoms with Crippen molar-refractivity contribution in [2.75, 3.05) is 0 Å². The molecule has 0 aliphatic rings. The minimum Gasteiger partial charge on any atom is -0.367 e. The van der Waals surface area contributed by atoms with E-state index in [1.165, 1.54) is 0 Å². The largest absolute Gasteiger partial charge is 0.537 e. The SMILES string of the molecule is CC(C)O[Si](OC(C)C)(OC(C)C)c1ccc(P(=O)(c2ccccc2)c2ccc([Si](OC(C)C)(OC(C)C)OC(C)C)cc2)cc1. The van der Waals surface area contributed by atoms with Gasteiger partial charge in [0.1, 0.15) is 0 Å². The van der Waals surface area contributed by atoms with Crippen LogP contribution in [-0.4, -0.2) is 54.2 Å². The molecule has 0 aliphatic carbocycles. The molecule has 0 atom stereocenters. The highest BCUT2D eigenvalue weighted by Gasteiger charge is 2.48. The van der Waals surface area contributed by atoms with Crippen LogP contribution in [0.5, 0.6) is 0 Å². The Hall–Kier alpha value is -1.92. The van der Waals surface area contributed by atoms with Gasteiger partial charge in [0.15, 0.2) is 7.14 Å². The summed E-state index contributed by atoms with van der Waals surface area (Å²) in [6.07, 6.45) is -0.625. The number of hydrogen-bond acceptors (Lipinski definition) is 7. The molecule has 0 aliphatic heterocycles. The Morgan fingerprint density at radius 2 is 0.630 bits per heavy atom. The molecule has 0 fully saturated rings. The van der Waals surface area contributed by atoms with Crippen LogP contribution in [0.15, 0.2) is 78.9 Å². The minimum absolute atomic E-state index is 0.104. The maximum atomic E-state index is 15.4. The van der Waals surface area contributed by atoms with E-state index in [-0.39, 0.29) is 36.6 Å². The van der Waals surface area contributed by atoms with E-state index in [1.807, 2.05) is 162 Å². The van der Waals surface area contributed by atoms with Gasteiger partial charge in [0, 0.05) is 62.9 Å². The molecule has 0 bridgehead atoms. The smallest absolute Gasteiger partial charge is 0.367 e. The van der Waals surface area contributed by atoms with Gasteiger partial charge >= 0.3 is 17.6 Å². The lowest BCUT2D eigenvalue weighted by atomic mass is 10.3. The van der Waals surface area contributed by atoms with Crippen LogP contribution in [0.25, 0.3) is 0 Å². The van der Waals surface area contributed by atoms with Crippen molar-refractivity contribution in [3.05, 3.63) is 78.9 Å². The standard InChI is InChI=1S/C36H55O7PSi2/c1-26(2)38-45(39-27(3)4,40-28(5)6)35-22-18-33(19-23-35)44(37,32-16-14-13-15-17-32)34-20-24-36(25-21-34)46(41-29(7)8,42-30(9)10)43-31(11)12/h13-31H,1-12H3. The van der Waals surface area contributed by atoms with Crippen LogP contribution in [0, 0.1) is 0 Å². The lowest BCUT2D eigenvalue weighted by Crippen LogP contribution is -2.60. The number of benzene rings is 3. The summed E-state index contributed by atoms with van der Waals surface area (Å²) in [4.78, 5) is 0. The van der Waals surface area contributed by atoms with E-state index < -0.39 is 24.8 Å². The summed E-state index contributed by atoms with van der Waals surface area (Å²) in [5.41, 5.74) is 0. The van der Waals surface area contributed by atoms with Crippen LogP contribution >= 0.6 is 7.14 Å². The van der Waals surface area contributed by atoms with Gasteiger partial charge in [-0.25, -0.2) is 0 Å². The monoisotopic (exact) mass is 686 g/mol. The first-order valence-corrected chi connectivity index (χ1v) is 21.6. The molecule has 0 aromatic heterocycles. The zero-order chi connectivity index (χ0) is 34.3. The molecule has 0 radical (unpaired) electrons. The molecule has 3 rings (SSSR count). The fourth-order valence-electron chi connectivity index (χ4n) is 5.27. The summed E-state index contributed by atoms with van der Waals surface area (Å²) >= 11 is 0. The zero-order valence-electron chi connectivity index (χ0n) is 29.8. The summed E-state index contributed by atoms with van der Waals surface area (Å²) < 4.78 is 54.2. The lowest BCUT2D eigenvalue weighted by Gasteiger charge is -2.35. The lowest BCUT2D eigenvalue weighted by molar-refractivity contribution is 0.0142. The molecule has 0 amide bonds. The maximum absolute atomic E-state index is 15.4. The van der Waals surface area contributed by atoms with Crippen molar-refractivity contribution >= 4 is 51.0 Å². The predicted molar refractivity (Wildman–Crippen MR) is 194 cm³/mol. The Balaban J connectivity index is 2.19. The van der Waals surface area contributed by atoms with Gasteiger partial charge in [-0.1, -0.05) is 78.9 Å².